The summed E-state index contributed by atoms with van der Waals surface area (Å²) in [6, 6.07) is 0. The van der Waals surface area contributed by atoms with E-state index < -0.39 is 20.9 Å². The van der Waals surface area contributed by atoms with Gasteiger partial charge in [0.2, 0.25) is 5.91 Å². The van der Waals surface area contributed by atoms with Crippen molar-refractivity contribution in [3.05, 3.63) is 0 Å². The topological polar surface area (TPSA) is 84.9 Å². The Balaban J connectivity index is 4.58. The molecule has 186 valence electrons. The maximum absolute atomic E-state index is 12.8. The molecule has 0 aliphatic rings. The third-order valence-corrected chi connectivity index (χ3v) is 6.51. The van der Waals surface area contributed by atoms with Crippen molar-refractivity contribution in [3.8, 4) is 0 Å². The van der Waals surface area contributed by atoms with Crippen molar-refractivity contribution < 1.29 is 22.7 Å². The molecule has 0 radical (unpaired) electrons. The highest BCUT2D eigenvalue weighted by Gasteiger charge is 2.30. The number of hydrogen-bond donors (Lipinski definition) is 1. The van der Waals surface area contributed by atoms with Gasteiger partial charge in [-0.3, -0.25) is 4.79 Å². The molecule has 0 spiro atoms. The Morgan fingerprint density at radius 1 is 0.968 bits per heavy atom. The molecule has 0 aliphatic carbocycles. The molecule has 0 atom stereocenters. The molecule has 0 aromatic carbocycles. The van der Waals surface area contributed by atoms with Crippen LogP contribution in [0.1, 0.15) is 68.2 Å². The van der Waals surface area contributed by atoms with Crippen LogP contribution in [0.15, 0.2) is 0 Å². The number of amides is 1. The number of carbonyl (C=O) groups is 1. The van der Waals surface area contributed by atoms with Gasteiger partial charge in [-0.2, -0.15) is 0 Å². The summed E-state index contributed by atoms with van der Waals surface area (Å²) in [6.07, 6.45) is 2.41. The lowest BCUT2D eigenvalue weighted by atomic mass is 9.93. The van der Waals surface area contributed by atoms with Crippen LogP contribution >= 0.6 is 0 Å². The zero-order valence-electron chi connectivity index (χ0n) is 21.8. The fraction of sp³-hybridized carbons (Fsp3) is 0.957. The van der Waals surface area contributed by atoms with Crippen LogP contribution in [-0.4, -0.2) is 82.8 Å². The smallest absolute Gasteiger partial charge is 0.225 e. The molecule has 1 N–H and O–H groups in total. The molecule has 0 aromatic heterocycles. The lowest BCUT2D eigenvalue weighted by molar-refractivity contribution is -0.138. The van der Waals surface area contributed by atoms with E-state index in [1.807, 2.05) is 48.6 Å². The maximum atomic E-state index is 12.8. The van der Waals surface area contributed by atoms with Gasteiger partial charge in [0, 0.05) is 42.8 Å². The number of rotatable bonds is 15. The SMILES string of the molecule is CNC(C)(C)CCOC(C)(C)CC(=O)N(C)CC(C)(C)COCC(C)(C)CS(C)(=O)=O. The summed E-state index contributed by atoms with van der Waals surface area (Å²) in [5, 5.41) is 3.25. The molecule has 0 bridgehead atoms. The van der Waals surface area contributed by atoms with E-state index in [4.69, 9.17) is 9.47 Å². The number of nitrogens with one attached hydrogen (secondary N) is 1. The number of hydrogen-bond acceptors (Lipinski definition) is 6. The number of sulfone groups is 1. The Morgan fingerprint density at radius 2 is 1.48 bits per heavy atom. The zero-order valence-corrected chi connectivity index (χ0v) is 22.7. The predicted molar refractivity (Wildman–Crippen MR) is 128 cm³/mol. The van der Waals surface area contributed by atoms with Gasteiger partial charge >= 0.3 is 0 Å². The molecule has 0 aliphatic heterocycles. The van der Waals surface area contributed by atoms with Crippen LogP contribution in [0.5, 0.6) is 0 Å². The largest absolute Gasteiger partial charge is 0.380 e. The van der Waals surface area contributed by atoms with E-state index in [9.17, 15) is 13.2 Å². The van der Waals surface area contributed by atoms with Gasteiger partial charge in [-0.25, -0.2) is 8.42 Å². The standard InChI is InChI=1S/C23H48N2O5S/c1-20(2,16-29-17-21(3,4)18-31(11,27)28)15-25(10)19(26)14-23(7,8)30-13-12-22(5,6)24-9/h24H,12-18H2,1-11H3. The first-order valence-electron chi connectivity index (χ1n) is 11.0. The first kappa shape index (κ1) is 30.3. The molecule has 8 heteroatoms. The molecular formula is C23H48N2O5S. The Kier molecular flexibility index (Phi) is 11.2. The predicted octanol–water partition coefficient (Wildman–Crippen LogP) is 3.13. The average Bonchev–Trinajstić information content (AvgIpc) is 2.50. The van der Waals surface area contributed by atoms with Crippen molar-refractivity contribution in [3.63, 3.8) is 0 Å². The van der Waals surface area contributed by atoms with E-state index >= 15 is 0 Å². The van der Waals surface area contributed by atoms with Crippen molar-refractivity contribution in [2.75, 3.05) is 52.5 Å². The van der Waals surface area contributed by atoms with E-state index in [-0.39, 0.29) is 22.6 Å². The number of ether oxygens (including phenoxy) is 2. The Labute approximate surface area is 191 Å². The van der Waals surface area contributed by atoms with E-state index in [0.29, 0.717) is 32.8 Å². The molecular weight excluding hydrogens is 416 g/mol. The van der Waals surface area contributed by atoms with Crippen LogP contribution in [0.2, 0.25) is 0 Å². The van der Waals surface area contributed by atoms with Gasteiger partial charge in [0.05, 0.1) is 31.0 Å². The van der Waals surface area contributed by atoms with Gasteiger partial charge in [-0.15, -0.1) is 0 Å². The zero-order chi connectivity index (χ0) is 24.7. The minimum atomic E-state index is -3.06. The Bertz CT molecular complexity index is 669. The molecule has 1 amide bonds. The second-order valence-corrected chi connectivity index (χ2v) is 14.0. The first-order chi connectivity index (χ1) is 13.7. The van der Waals surface area contributed by atoms with Crippen molar-refractivity contribution in [1.29, 1.82) is 0 Å². The van der Waals surface area contributed by atoms with Gasteiger partial charge < -0.3 is 19.7 Å². The summed E-state index contributed by atoms with van der Waals surface area (Å²) in [7, 11) is 0.675. The monoisotopic (exact) mass is 464 g/mol. The fourth-order valence-corrected chi connectivity index (χ4v) is 4.89. The average molecular weight is 465 g/mol. The van der Waals surface area contributed by atoms with Crippen LogP contribution in [0, 0.1) is 10.8 Å². The van der Waals surface area contributed by atoms with Crippen molar-refractivity contribution >= 4 is 15.7 Å². The minimum absolute atomic E-state index is 0.00319. The molecule has 0 saturated carbocycles. The van der Waals surface area contributed by atoms with E-state index in [1.165, 1.54) is 6.26 Å². The van der Waals surface area contributed by atoms with Crippen LogP contribution in [-0.2, 0) is 24.1 Å². The summed E-state index contributed by atoms with van der Waals surface area (Å²) in [4.78, 5) is 14.5. The molecule has 7 nitrogen and oxygen atoms in total. The summed E-state index contributed by atoms with van der Waals surface area (Å²) in [5.74, 6) is 0.114. The highest BCUT2D eigenvalue weighted by molar-refractivity contribution is 7.90. The van der Waals surface area contributed by atoms with Crippen LogP contribution in [0.3, 0.4) is 0 Å². The number of nitrogens with zero attached hydrogens (tertiary/aromatic N) is 1. The van der Waals surface area contributed by atoms with Crippen LogP contribution in [0.4, 0.5) is 0 Å². The lowest BCUT2D eigenvalue weighted by Gasteiger charge is -2.34. The molecule has 31 heavy (non-hydrogen) atoms. The summed E-state index contributed by atoms with van der Waals surface area (Å²) in [5.41, 5.74) is -1.25. The van der Waals surface area contributed by atoms with Crippen LogP contribution in [0.25, 0.3) is 0 Å². The molecule has 0 unspecified atom stereocenters. The highest BCUT2D eigenvalue weighted by atomic mass is 32.2. The molecule has 0 rings (SSSR count). The Morgan fingerprint density at radius 3 is 1.97 bits per heavy atom. The second kappa shape index (κ2) is 11.4. The highest BCUT2D eigenvalue weighted by Crippen LogP contribution is 2.24. The quantitative estimate of drug-likeness (QED) is 0.401. The maximum Gasteiger partial charge on any atom is 0.225 e. The van der Waals surface area contributed by atoms with Crippen molar-refractivity contribution in [1.82, 2.24) is 10.2 Å². The van der Waals surface area contributed by atoms with Gasteiger partial charge in [0.15, 0.2) is 0 Å². The fourth-order valence-electron chi connectivity index (χ4n) is 3.39. The van der Waals surface area contributed by atoms with Crippen LogP contribution < -0.4 is 5.32 Å². The molecule has 0 saturated heterocycles. The van der Waals surface area contributed by atoms with E-state index in [0.717, 1.165) is 6.42 Å². The van der Waals surface area contributed by atoms with Crippen molar-refractivity contribution in [2.45, 2.75) is 79.4 Å². The summed E-state index contributed by atoms with van der Waals surface area (Å²) in [6.45, 7) is 17.9. The summed E-state index contributed by atoms with van der Waals surface area (Å²) < 4.78 is 35.0. The van der Waals surface area contributed by atoms with Gasteiger partial charge in [-0.05, 0) is 41.2 Å². The molecule has 0 fully saturated rings. The van der Waals surface area contributed by atoms with Gasteiger partial charge in [0.1, 0.15) is 9.84 Å². The van der Waals surface area contributed by atoms with Gasteiger partial charge in [-0.1, -0.05) is 27.7 Å². The Hall–Kier alpha value is -0.700. The minimum Gasteiger partial charge on any atom is -0.380 e. The first-order valence-corrected chi connectivity index (χ1v) is 13.1. The third-order valence-electron chi connectivity index (χ3n) is 5.20. The lowest BCUT2D eigenvalue weighted by Crippen LogP contribution is -2.43. The van der Waals surface area contributed by atoms with Gasteiger partial charge in [0.25, 0.3) is 0 Å². The second-order valence-electron chi connectivity index (χ2n) is 11.8. The molecule has 0 aromatic rings. The van der Waals surface area contributed by atoms with E-state index in [1.54, 1.807) is 11.9 Å². The van der Waals surface area contributed by atoms with Crippen molar-refractivity contribution in [2.24, 2.45) is 10.8 Å². The third kappa shape index (κ3) is 14.9. The van der Waals surface area contributed by atoms with E-state index in [2.05, 4.69) is 19.2 Å². The summed E-state index contributed by atoms with van der Waals surface area (Å²) >= 11 is 0. The molecule has 0 heterocycles. The normalized spacial score (nSPS) is 14.0. The number of carbonyl (C=O) groups excluding carboxylic acids is 1.